The van der Waals surface area contributed by atoms with Crippen LogP contribution in [0.15, 0.2) is 55.0 Å². The third-order valence-electron chi connectivity index (χ3n) is 3.75. The number of nitrogens with one attached hydrogen (secondary N) is 1. The Labute approximate surface area is 125 Å². The predicted octanol–water partition coefficient (Wildman–Crippen LogP) is 3.27. The van der Waals surface area contributed by atoms with Crippen LogP contribution in [0.2, 0.25) is 0 Å². The van der Waals surface area contributed by atoms with Crippen molar-refractivity contribution in [2.75, 3.05) is 6.54 Å². The van der Waals surface area contributed by atoms with Crippen molar-refractivity contribution < 1.29 is 0 Å². The molecule has 106 valence electrons. The summed E-state index contributed by atoms with van der Waals surface area (Å²) in [5.74, 6) is 0. The molecule has 2 aromatic heterocycles. The molecule has 1 aromatic carbocycles. The molecule has 0 atom stereocenters. The van der Waals surface area contributed by atoms with Crippen molar-refractivity contribution in [1.29, 1.82) is 0 Å². The molecule has 0 unspecified atom stereocenters. The Kier molecular flexibility index (Phi) is 4.22. The largest absolute Gasteiger partial charge is 0.312 e. The molecule has 3 nitrogen and oxygen atoms in total. The molecule has 1 N–H and O–H groups in total. The molecule has 0 saturated carbocycles. The lowest BCUT2D eigenvalue weighted by Gasteiger charge is -2.08. The monoisotopic (exact) mass is 277 g/mol. The van der Waals surface area contributed by atoms with Gasteiger partial charge in [0.05, 0.1) is 5.52 Å². The quantitative estimate of drug-likeness (QED) is 0.727. The first-order valence-electron chi connectivity index (χ1n) is 7.27. The zero-order valence-corrected chi connectivity index (χ0v) is 12.2. The first-order valence-corrected chi connectivity index (χ1v) is 7.27. The average molecular weight is 277 g/mol. The molecule has 0 aliphatic carbocycles. The number of para-hydroxylation sites is 1. The zero-order valence-electron chi connectivity index (χ0n) is 12.2. The van der Waals surface area contributed by atoms with Crippen LogP contribution in [0.4, 0.5) is 0 Å². The van der Waals surface area contributed by atoms with E-state index in [2.05, 4.69) is 46.5 Å². The Morgan fingerprint density at radius 2 is 1.90 bits per heavy atom. The van der Waals surface area contributed by atoms with Crippen LogP contribution >= 0.6 is 0 Å². The summed E-state index contributed by atoms with van der Waals surface area (Å²) in [5, 5.41) is 4.69. The van der Waals surface area contributed by atoms with Crippen molar-refractivity contribution >= 4 is 10.9 Å². The second-order valence-electron chi connectivity index (χ2n) is 5.22. The molecule has 3 rings (SSSR count). The summed E-state index contributed by atoms with van der Waals surface area (Å²) >= 11 is 0. The maximum atomic E-state index is 4.49. The number of aryl methyl sites for hydroxylation is 1. The van der Waals surface area contributed by atoms with E-state index < -0.39 is 0 Å². The highest BCUT2D eigenvalue weighted by Gasteiger charge is 2.02. The lowest BCUT2D eigenvalue weighted by atomic mass is 10.1. The van der Waals surface area contributed by atoms with Gasteiger partial charge in [-0.1, -0.05) is 24.3 Å². The van der Waals surface area contributed by atoms with Crippen LogP contribution in [0.25, 0.3) is 10.9 Å². The van der Waals surface area contributed by atoms with Gasteiger partial charge in [-0.05, 0) is 48.7 Å². The van der Waals surface area contributed by atoms with E-state index in [9.17, 15) is 0 Å². The lowest BCUT2D eigenvalue weighted by molar-refractivity contribution is 0.684. The Balaban J connectivity index is 1.61. The van der Waals surface area contributed by atoms with Crippen molar-refractivity contribution in [3.8, 4) is 0 Å². The molecular weight excluding hydrogens is 258 g/mol. The minimum Gasteiger partial charge on any atom is -0.312 e. The summed E-state index contributed by atoms with van der Waals surface area (Å²) in [7, 11) is 0. The molecule has 0 spiro atoms. The molecule has 0 aliphatic heterocycles. The van der Waals surface area contributed by atoms with E-state index in [0.717, 1.165) is 25.0 Å². The van der Waals surface area contributed by atoms with E-state index in [-0.39, 0.29) is 0 Å². The van der Waals surface area contributed by atoms with Gasteiger partial charge in [0, 0.05) is 30.5 Å². The van der Waals surface area contributed by atoms with Crippen LogP contribution in [0.3, 0.4) is 0 Å². The second-order valence-corrected chi connectivity index (χ2v) is 5.22. The topological polar surface area (TPSA) is 37.8 Å². The van der Waals surface area contributed by atoms with Crippen LogP contribution in [-0.2, 0) is 13.0 Å². The summed E-state index contributed by atoms with van der Waals surface area (Å²) in [6.07, 6.45) is 6.61. The van der Waals surface area contributed by atoms with Gasteiger partial charge < -0.3 is 5.32 Å². The minimum absolute atomic E-state index is 0.859. The van der Waals surface area contributed by atoms with Crippen LogP contribution in [0, 0.1) is 6.92 Å². The third-order valence-corrected chi connectivity index (χ3v) is 3.75. The average Bonchev–Trinajstić information content (AvgIpc) is 2.53. The summed E-state index contributed by atoms with van der Waals surface area (Å²) in [4.78, 5) is 8.67. The Morgan fingerprint density at radius 1 is 1.00 bits per heavy atom. The Bertz CT molecular complexity index is 732. The summed E-state index contributed by atoms with van der Waals surface area (Å²) in [5.41, 5.74) is 4.95. The number of fused-ring (bicyclic) bond motifs is 1. The van der Waals surface area contributed by atoms with Crippen molar-refractivity contribution in [3.63, 3.8) is 0 Å². The molecular formula is C18H19N3. The molecule has 3 aromatic rings. The van der Waals surface area contributed by atoms with Gasteiger partial charge in [-0.15, -0.1) is 0 Å². The highest BCUT2D eigenvalue weighted by atomic mass is 14.8. The fourth-order valence-electron chi connectivity index (χ4n) is 2.50. The number of aromatic nitrogens is 2. The van der Waals surface area contributed by atoms with E-state index in [4.69, 9.17) is 0 Å². The van der Waals surface area contributed by atoms with Gasteiger partial charge in [0.15, 0.2) is 0 Å². The van der Waals surface area contributed by atoms with E-state index in [1.165, 1.54) is 22.1 Å². The van der Waals surface area contributed by atoms with Crippen molar-refractivity contribution in [2.45, 2.75) is 19.9 Å². The van der Waals surface area contributed by atoms with Gasteiger partial charge in [0.1, 0.15) is 0 Å². The number of hydrogen-bond donors (Lipinski definition) is 1. The number of rotatable bonds is 5. The summed E-state index contributed by atoms with van der Waals surface area (Å²) < 4.78 is 0. The van der Waals surface area contributed by atoms with Gasteiger partial charge in [-0.25, -0.2) is 0 Å². The first kappa shape index (κ1) is 13.7. The first-order chi connectivity index (χ1) is 10.3. The highest BCUT2D eigenvalue weighted by molar-refractivity contribution is 5.81. The van der Waals surface area contributed by atoms with E-state index in [0.29, 0.717) is 0 Å². The molecule has 0 radical (unpaired) electrons. The molecule has 0 fully saturated rings. The second kappa shape index (κ2) is 6.46. The molecule has 0 amide bonds. The summed E-state index contributed by atoms with van der Waals surface area (Å²) in [6.45, 7) is 3.91. The van der Waals surface area contributed by atoms with Crippen LogP contribution < -0.4 is 5.32 Å². The lowest BCUT2D eigenvalue weighted by Crippen LogP contribution is -2.17. The number of pyridine rings is 2. The van der Waals surface area contributed by atoms with Crippen molar-refractivity contribution in [1.82, 2.24) is 15.3 Å². The van der Waals surface area contributed by atoms with Crippen molar-refractivity contribution in [3.05, 3.63) is 71.7 Å². The van der Waals surface area contributed by atoms with Crippen molar-refractivity contribution in [2.24, 2.45) is 0 Å². The number of benzene rings is 1. The third kappa shape index (κ3) is 3.26. The Hall–Kier alpha value is -2.26. The molecule has 2 heterocycles. The van der Waals surface area contributed by atoms with Gasteiger partial charge >= 0.3 is 0 Å². The van der Waals surface area contributed by atoms with E-state index in [1.54, 1.807) is 0 Å². The van der Waals surface area contributed by atoms with E-state index >= 15 is 0 Å². The molecule has 3 heteroatoms. The number of hydrogen-bond acceptors (Lipinski definition) is 3. The standard InChI is InChI=1S/C18H19N3/c1-14-7-10-19-12-17(14)13-20-11-8-16-5-2-4-15-6-3-9-21-18(15)16/h2-7,9-10,12,20H,8,11,13H2,1H3. The fourth-order valence-corrected chi connectivity index (χ4v) is 2.50. The highest BCUT2D eigenvalue weighted by Crippen LogP contribution is 2.16. The van der Waals surface area contributed by atoms with Crippen LogP contribution in [0.5, 0.6) is 0 Å². The predicted molar refractivity (Wildman–Crippen MR) is 86.1 cm³/mol. The zero-order chi connectivity index (χ0) is 14.5. The normalized spacial score (nSPS) is 10.9. The molecule has 0 bridgehead atoms. The smallest absolute Gasteiger partial charge is 0.0734 e. The van der Waals surface area contributed by atoms with Gasteiger partial charge in [-0.3, -0.25) is 9.97 Å². The summed E-state index contributed by atoms with van der Waals surface area (Å²) in [6, 6.07) is 12.5. The van der Waals surface area contributed by atoms with Gasteiger partial charge in [-0.2, -0.15) is 0 Å². The Morgan fingerprint density at radius 3 is 2.81 bits per heavy atom. The van der Waals surface area contributed by atoms with Gasteiger partial charge in [0.2, 0.25) is 0 Å². The SMILES string of the molecule is Cc1ccncc1CNCCc1cccc2cccnc12. The molecule has 21 heavy (non-hydrogen) atoms. The van der Waals surface area contributed by atoms with E-state index in [1.807, 2.05) is 30.7 Å². The maximum absolute atomic E-state index is 4.49. The fraction of sp³-hybridized carbons (Fsp3) is 0.222. The minimum atomic E-state index is 0.859. The van der Waals surface area contributed by atoms with Gasteiger partial charge in [0.25, 0.3) is 0 Å². The molecule has 0 saturated heterocycles. The maximum Gasteiger partial charge on any atom is 0.0734 e. The molecule has 0 aliphatic rings. The van der Waals surface area contributed by atoms with Crippen LogP contribution in [0.1, 0.15) is 16.7 Å². The van der Waals surface area contributed by atoms with Crippen LogP contribution in [-0.4, -0.2) is 16.5 Å². The number of nitrogens with zero attached hydrogens (tertiary/aromatic N) is 2.